The number of fused-ring (bicyclic) bond motifs is 2. The lowest BCUT2D eigenvalue weighted by molar-refractivity contribution is -0.0626. The molecule has 2 aliphatic heterocycles. The average molecular weight is 380 g/mol. The van der Waals surface area contributed by atoms with Gasteiger partial charge in [-0.3, -0.25) is 4.90 Å². The number of amides is 1. The van der Waals surface area contributed by atoms with E-state index in [-0.39, 0.29) is 24.7 Å². The Morgan fingerprint density at radius 2 is 1.68 bits per heavy atom. The molecule has 2 atom stereocenters. The van der Waals surface area contributed by atoms with Crippen molar-refractivity contribution in [2.24, 2.45) is 11.3 Å². The number of nitrogens with zero attached hydrogens (tertiary/aromatic N) is 2. The van der Waals surface area contributed by atoms with Gasteiger partial charge in [-0.25, -0.2) is 4.79 Å². The first-order valence-electron chi connectivity index (χ1n) is 9.99. The normalized spacial score (nSPS) is 24.8. The number of piperidine rings is 2. The van der Waals surface area contributed by atoms with Crippen molar-refractivity contribution in [3.05, 3.63) is 71.8 Å². The number of aliphatic hydroxyl groups excluding tert-OH is 1. The van der Waals surface area contributed by atoms with Crippen LogP contribution in [0.2, 0.25) is 0 Å². The summed E-state index contributed by atoms with van der Waals surface area (Å²) in [5.41, 5.74) is 2.01. The second kappa shape index (κ2) is 8.33. The first kappa shape index (κ1) is 19.0. The molecule has 2 bridgehead atoms. The first-order chi connectivity index (χ1) is 13.7. The highest BCUT2D eigenvalue weighted by Gasteiger charge is 2.46. The van der Waals surface area contributed by atoms with Crippen molar-refractivity contribution in [2.45, 2.75) is 19.6 Å². The van der Waals surface area contributed by atoms with Gasteiger partial charge in [-0.05, 0) is 23.5 Å². The van der Waals surface area contributed by atoms with Gasteiger partial charge in [0, 0.05) is 38.1 Å². The maximum absolute atomic E-state index is 12.6. The van der Waals surface area contributed by atoms with E-state index in [0.717, 1.165) is 31.6 Å². The summed E-state index contributed by atoms with van der Waals surface area (Å²) in [6, 6.07) is 20.2. The molecular formula is C23H28N2O3. The highest BCUT2D eigenvalue weighted by molar-refractivity contribution is 5.68. The minimum Gasteiger partial charge on any atom is -0.445 e. The summed E-state index contributed by atoms with van der Waals surface area (Å²) >= 11 is 0. The summed E-state index contributed by atoms with van der Waals surface area (Å²) in [5.74, 6) is 0.364. The van der Waals surface area contributed by atoms with Crippen molar-refractivity contribution in [1.82, 2.24) is 9.80 Å². The minimum absolute atomic E-state index is 0.0945. The smallest absolute Gasteiger partial charge is 0.410 e. The summed E-state index contributed by atoms with van der Waals surface area (Å²) < 4.78 is 5.54. The van der Waals surface area contributed by atoms with E-state index in [9.17, 15) is 9.90 Å². The monoisotopic (exact) mass is 380 g/mol. The standard InChI is InChI=1S/C23H28N2O3/c26-18-23-11-21(13-24(16-23)12-19-7-3-1-4-8-19)14-25(17-23)22(27)28-15-20-9-5-2-6-10-20/h1-10,21,26H,11-18H2. The molecule has 0 radical (unpaired) electrons. The zero-order chi connectivity index (χ0) is 19.4. The fraction of sp³-hybridized carbons (Fsp3) is 0.435. The fourth-order valence-electron chi connectivity index (χ4n) is 4.74. The maximum atomic E-state index is 12.6. The van der Waals surface area contributed by atoms with Gasteiger partial charge >= 0.3 is 6.09 Å². The van der Waals surface area contributed by atoms with Crippen LogP contribution in [0.3, 0.4) is 0 Å². The number of aliphatic hydroxyl groups is 1. The number of rotatable bonds is 5. The van der Waals surface area contributed by atoms with Gasteiger partial charge in [0.2, 0.25) is 0 Å². The van der Waals surface area contributed by atoms with E-state index in [1.54, 1.807) is 4.90 Å². The summed E-state index contributed by atoms with van der Waals surface area (Å²) in [5, 5.41) is 10.2. The Morgan fingerprint density at radius 3 is 2.36 bits per heavy atom. The topological polar surface area (TPSA) is 53.0 Å². The van der Waals surface area contributed by atoms with Crippen molar-refractivity contribution >= 4 is 6.09 Å². The molecule has 0 saturated carbocycles. The van der Waals surface area contributed by atoms with Crippen molar-refractivity contribution < 1.29 is 14.6 Å². The fourth-order valence-corrected chi connectivity index (χ4v) is 4.74. The largest absolute Gasteiger partial charge is 0.445 e. The lowest BCUT2D eigenvalue weighted by Gasteiger charge is -2.52. The molecule has 148 valence electrons. The molecule has 5 nitrogen and oxygen atoms in total. The Bertz CT molecular complexity index is 783. The molecule has 28 heavy (non-hydrogen) atoms. The number of likely N-dealkylation sites (tertiary alicyclic amines) is 2. The molecule has 2 aromatic carbocycles. The number of carbonyl (C=O) groups excluding carboxylic acids is 1. The molecule has 2 aromatic rings. The zero-order valence-corrected chi connectivity index (χ0v) is 16.2. The molecule has 5 heteroatoms. The van der Waals surface area contributed by atoms with Crippen molar-refractivity contribution in [3.8, 4) is 0 Å². The SMILES string of the molecule is O=C(OCc1ccccc1)N1CC2CN(Cc3ccccc3)CC(CO)(C2)C1. The van der Waals surface area contributed by atoms with Gasteiger partial charge in [0.15, 0.2) is 0 Å². The third kappa shape index (κ3) is 4.37. The third-order valence-electron chi connectivity index (χ3n) is 5.85. The Hall–Kier alpha value is -2.37. The molecule has 0 spiro atoms. The van der Waals surface area contributed by atoms with E-state index >= 15 is 0 Å². The Kier molecular flexibility index (Phi) is 5.64. The number of ether oxygens (including phenoxy) is 1. The molecular weight excluding hydrogens is 352 g/mol. The summed E-state index contributed by atoms with van der Waals surface area (Å²) in [6.45, 7) is 4.26. The molecule has 2 aliphatic rings. The van der Waals surface area contributed by atoms with Crippen molar-refractivity contribution in [3.63, 3.8) is 0 Å². The first-order valence-corrected chi connectivity index (χ1v) is 9.99. The molecule has 2 saturated heterocycles. The van der Waals surface area contributed by atoms with Crippen LogP contribution < -0.4 is 0 Å². The van der Waals surface area contributed by atoms with Gasteiger partial charge in [-0.1, -0.05) is 60.7 Å². The molecule has 1 N–H and O–H groups in total. The number of benzene rings is 2. The van der Waals surface area contributed by atoms with Crippen LogP contribution in [0, 0.1) is 11.3 Å². The molecule has 2 fully saturated rings. The predicted octanol–water partition coefficient (Wildman–Crippen LogP) is 3.14. The van der Waals surface area contributed by atoms with Crippen LogP contribution in [-0.2, 0) is 17.9 Å². The van der Waals surface area contributed by atoms with E-state index < -0.39 is 0 Å². The van der Waals surface area contributed by atoms with E-state index in [2.05, 4.69) is 29.2 Å². The van der Waals surface area contributed by atoms with Gasteiger partial charge in [0.05, 0.1) is 6.61 Å². The van der Waals surface area contributed by atoms with E-state index in [4.69, 9.17) is 4.74 Å². The van der Waals surface area contributed by atoms with Gasteiger partial charge in [-0.15, -0.1) is 0 Å². The lowest BCUT2D eigenvalue weighted by atomic mass is 9.72. The average Bonchev–Trinajstić information content (AvgIpc) is 2.73. The second-order valence-corrected chi connectivity index (χ2v) is 8.30. The summed E-state index contributed by atoms with van der Waals surface area (Å²) in [6.07, 6.45) is 0.694. The van der Waals surface area contributed by atoms with Crippen molar-refractivity contribution in [1.29, 1.82) is 0 Å². The highest BCUT2D eigenvalue weighted by atomic mass is 16.6. The van der Waals surface area contributed by atoms with Gasteiger partial charge < -0.3 is 14.7 Å². The van der Waals surface area contributed by atoms with Crippen LogP contribution in [0.15, 0.2) is 60.7 Å². The number of hydrogen-bond donors (Lipinski definition) is 1. The summed E-state index contributed by atoms with van der Waals surface area (Å²) in [7, 11) is 0. The van der Waals surface area contributed by atoms with Crippen molar-refractivity contribution in [2.75, 3.05) is 32.8 Å². The Morgan fingerprint density at radius 1 is 1.00 bits per heavy atom. The summed E-state index contributed by atoms with van der Waals surface area (Å²) in [4.78, 5) is 16.9. The molecule has 2 unspecified atom stereocenters. The van der Waals surface area contributed by atoms with Crippen LogP contribution in [-0.4, -0.2) is 53.8 Å². The van der Waals surface area contributed by atoms with E-state index in [0.29, 0.717) is 19.0 Å². The van der Waals surface area contributed by atoms with Crippen LogP contribution in [0.4, 0.5) is 4.79 Å². The van der Waals surface area contributed by atoms with Gasteiger partial charge in [0.1, 0.15) is 6.61 Å². The molecule has 4 rings (SSSR count). The van der Waals surface area contributed by atoms with E-state index in [1.165, 1.54) is 5.56 Å². The zero-order valence-electron chi connectivity index (χ0n) is 16.2. The van der Waals surface area contributed by atoms with E-state index in [1.807, 2.05) is 36.4 Å². The molecule has 1 amide bonds. The van der Waals surface area contributed by atoms with Gasteiger partial charge in [0.25, 0.3) is 0 Å². The highest BCUT2D eigenvalue weighted by Crippen LogP contribution is 2.39. The lowest BCUT2D eigenvalue weighted by Crippen LogP contribution is -2.61. The second-order valence-electron chi connectivity index (χ2n) is 8.30. The van der Waals surface area contributed by atoms with Crippen LogP contribution in [0.25, 0.3) is 0 Å². The predicted molar refractivity (Wildman–Crippen MR) is 108 cm³/mol. The van der Waals surface area contributed by atoms with Gasteiger partial charge in [-0.2, -0.15) is 0 Å². The van der Waals surface area contributed by atoms with Crippen LogP contribution in [0.1, 0.15) is 17.5 Å². The quantitative estimate of drug-likeness (QED) is 0.866. The van der Waals surface area contributed by atoms with Crippen LogP contribution >= 0.6 is 0 Å². The third-order valence-corrected chi connectivity index (χ3v) is 5.85. The number of hydrogen-bond acceptors (Lipinski definition) is 4. The Labute approximate surface area is 166 Å². The maximum Gasteiger partial charge on any atom is 0.410 e. The molecule has 0 aliphatic carbocycles. The minimum atomic E-state index is -0.275. The molecule has 0 aromatic heterocycles. The molecule has 2 heterocycles. The van der Waals surface area contributed by atoms with Crippen LogP contribution in [0.5, 0.6) is 0 Å². The number of carbonyl (C=O) groups is 1. The Balaban J connectivity index is 1.38.